The van der Waals surface area contributed by atoms with Crippen LogP contribution in [0.1, 0.15) is 15.9 Å². The van der Waals surface area contributed by atoms with Crippen LogP contribution in [0.15, 0.2) is 72.4 Å². The summed E-state index contributed by atoms with van der Waals surface area (Å²) < 4.78 is 2.91. The van der Waals surface area contributed by atoms with E-state index in [-0.39, 0.29) is 5.91 Å². The summed E-state index contributed by atoms with van der Waals surface area (Å²) in [6.45, 7) is 2.03. The topological polar surface area (TPSA) is 59.3 Å². The van der Waals surface area contributed by atoms with Crippen LogP contribution in [-0.4, -0.2) is 20.3 Å². The lowest BCUT2D eigenvalue weighted by molar-refractivity contribution is 0.102. The number of thiazole rings is 1. The van der Waals surface area contributed by atoms with E-state index in [1.165, 1.54) is 11.3 Å². The number of carbonyl (C=O) groups is 1. The van der Waals surface area contributed by atoms with Crippen LogP contribution < -0.4 is 5.32 Å². The highest BCUT2D eigenvalue weighted by atomic mass is 32.1. The van der Waals surface area contributed by atoms with E-state index < -0.39 is 0 Å². The van der Waals surface area contributed by atoms with E-state index in [1.807, 2.05) is 72.1 Å². The van der Waals surface area contributed by atoms with E-state index >= 15 is 0 Å². The predicted octanol–water partition coefficient (Wildman–Crippen LogP) is 5.17. The maximum atomic E-state index is 13.0. The second-order valence-corrected chi connectivity index (χ2v) is 7.48. The highest BCUT2D eigenvalue weighted by Crippen LogP contribution is 2.29. The third kappa shape index (κ3) is 2.84. The number of carbonyl (C=O) groups excluding carboxylic acids is 1. The second kappa shape index (κ2) is 6.58. The van der Waals surface area contributed by atoms with Gasteiger partial charge in [-0.2, -0.15) is 0 Å². The summed E-state index contributed by atoms with van der Waals surface area (Å²) in [7, 11) is 0. The molecule has 0 aliphatic carbocycles. The largest absolute Gasteiger partial charge is 0.306 e. The number of pyridine rings is 1. The van der Waals surface area contributed by atoms with Gasteiger partial charge in [-0.15, -0.1) is 11.3 Å². The van der Waals surface area contributed by atoms with Crippen LogP contribution in [0.2, 0.25) is 0 Å². The fourth-order valence-electron chi connectivity index (χ4n) is 3.24. The molecule has 5 nitrogen and oxygen atoms in total. The first kappa shape index (κ1) is 16.6. The summed E-state index contributed by atoms with van der Waals surface area (Å²) in [5.74, 6) is 0.491. The van der Waals surface area contributed by atoms with Crippen LogP contribution in [0.3, 0.4) is 0 Å². The Morgan fingerprint density at radius 2 is 1.93 bits per heavy atom. The molecular weight excluding hydrogens is 368 g/mol. The molecule has 0 fully saturated rings. The molecule has 136 valence electrons. The fraction of sp³-hybridized carbons (Fsp3) is 0.0455. The number of aromatic nitrogens is 3. The fourth-order valence-corrected chi connectivity index (χ4v) is 3.96. The van der Waals surface area contributed by atoms with Gasteiger partial charge in [-0.1, -0.05) is 30.3 Å². The molecule has 0 bridgehead atoms. The van der Waals surface area contributed by atoms with E-state index in [0.717, 1.165) is 32.7 Å². The minimum atomic E-state index is -0.171. The summed E-state index contributed by atoms with van der Waals surface area (Å²) in [5.41, 5.74) is 6.90. The Kier molecular flexibility index (Phi) is 3.91. The number of amides is 1. The van der Waals surface area contributed by atoms with Crippen molar-refractivity contribution in [2.45, 2.75) is 6.92 Å². The van der Waals surface area contributed by atoms with Crippen molar-refractivity contribution in [2.75, 3.05) is 5.32 Å². The molecule has 0 aliphatic heterocycles. The quantitative estimate of drug-likeness (QED) is 0.467. The van der Waals surface area contributed by atoms with Crippen molar-refractivity contribution in [3.63, 3.8) is 0 Å². The molecule has 3 heterocycles. The van der Waals surface area contributed by atoms with Gasteiger partial charge in [-0.25, -0.2) is 9.97 Å². The number of fused-ring (bicyclic) bond motifs is 2. The first-order valence-corrected chi connectivity index (χ1v) is 9.76. The molecule has 2 aromatic carbocycles. The smallest absolute Gasteiger partial charge is 0.256 e. The first-order valence-electron chi connectivity index (χ1n) is 8.88. The molecule has 0 saturated heterocycles. The molecule has 5 aromatic rings. The monoisotopic (exact) mass is 384 g/mol. The van der Waals surface area contributed by atoms with Crippen LogP contribution in [0, 0.1) is 6.92 Å². The summed E-state index contributed by atoms with van der Waals surface area (Å²) in [6, 6.07) is 19.4. The van der Waals surface area contributed by atoms with Gasteiger partial charge in [0.05, 0.1) is 15.7 Å². The first-order chi connectivity index (χ1) is 13.7. The maximum absolute atomic E-state index is 13.0. The Balaban J connectivity index is 1.61. The molecular formula is C22H16N4OS. The normalized spacial score (nSPS) is 11.2. The molecule has 0 radical (unpaired) electrons. The van der Waals surface area contributed by atoms with Crippen molar-refractivity contribution < 1.29 is 4.79 Å². The van der Waals surface area contributed by atoms with Crippen LogP contribution in [0.4, 0.5) is 5.82 Å². The highest BCUT2D eigenvalue weighted by molar-refractivity contribution is 7.16. The van der Waals surface area contributed by atoms with Gasteiger partial charge >= 0.3 is 0 Å². The zero-order valence-corrected chi connectivity index (χ0v) is 15.9. The third-order valence-electron chi connectivity index (χ3n) is 4.65. The van der Waals surface area contributed by atoms with Crippen molar-refractivity contribution >= 4 is 38.9 Å². The Bertz CT molecular complexity index is 1320. The lowest BCUT2D eigenvalue weighted by atomic mass is 10.1. The summed E-state index contributed by atoms with van der Waals surface area (Å²) in [6.07, 6.45) is 1.94. The van der Waals surface area contributed by atoms with Crippen molar-refractivity contribution in [1.82, 2.24) is 14.4 Å². The van der Waals surface area contributed by atoms with Crippen LogP contribution >= 0.6 is 11.3 Å². The lowest BCUT2D eigenvalue weighted by Crippen LogP contribution is -2.14. The van der Waals surface area contributed by atoms with Gasteiger partial charge in [0, 0.05) is 17.3 Å². The Morgan fingerprint density at radius 1 is 1.07 bits per heavy atom. The van der Waals surface area contributed by atoms with E-state index in [9.17, 15) is 4.79 Å². The summed E-state index contributed by atoms with van der Waals surface area (Å²) in [4.78, 5) is 22.0. The van der Waals surface area contributed by atoms with Crippen molar-refractivity contribution in [2.24, 2.45) is 0 Å². The number of nitrogens with one attached hydrogen (secondary N) is 1. The van der Waals surface area contributed by atoms with E-state index in [2.05, 4.69) is 10.3 Å². The number of rotatable bonds is 3. The molecule has 3 aromatic heterocycles. The standard InChI is InChI=1S/C22H16N4OS/c1-14-9-10-26-19(11-14)24-20(15-5-3-2-4-6-15)21(26)25-22(27)16-7-8-17-18(12-16)28-13-23-17/h2-13H,1H3,(H,25,27). The van der Waals surface area contributed by atoms with Crippen molar-refractivity contribution in [1.29, 1.82) is 0 Å². The Hall–Kier alpha value is -3.51. The van der Waals surface area contributed by atoms with Gasteiger partial charge in [0.2, 0.25) is 0 Å². The molecule has 5 rings (SSSR count). The van der Waals surface area contributed by atoms with Gasteiger partial charge < -0.3 is 5.32 Å². The highest BCUT2D eigenvalue weighted by Gasteiger charge is 2.17. The number of imidazole rings is 1. The third-order valence-corrected chi connectivity index (χ3v) is 5.45. The molecule has 0 atom stereocenters. The summed E-state index contributed by atoms with van der Waals surface area (Å²) >= 11 is 1.52. The molecule has 28 heavy (non-hydrogen) atoms. The molecule has 0 saturated carbocycles. The van der Waals surface area contributed by atoms with Crippen LogP contribution in [-0.2, 0) is 0 Å². The number of aryl methyl sites for hydroxylation is 1. The number of nitrogens with zero attached hydrogens (tertiary/aromatic N) is 3. The Morgan fingerprint density at radius 3 is 2.79 bits per heavy atom. The minimum Gasteiger partial charge on any atom is -0.306 e. The number of anilines is 1. The van der Waals surface area contributed by atoms with Gasteiger partial charge in [0.1, 0.15) is 17.2 Å². The van der Waals surface area contributed by atoms with Gasteiger partial charge in [0.15, 0.2) is 0 Å². The molecule has 0 unspecified atom stereocenters. The SMILES string of the molecule is Cc1ccn2c(NC(=O)c3ccc4ncsc4c3)c(-c3ccccc3)nc2c1. The van der Waals surface area contributed by atoms with E-state index in [0.29, 0.717) is 11.4 Å². The van der Waals surface area contributed by atoms with E-state index in [4.69, 9.17) is 4.98 Å². The van der Waals surface area contributed by atoms with Crippen LogP contribution in [0.5, 0.6) is 0 Å². The van der Waals surface area contributed by atoms with Crippen molar-refractivity contribution in [3.8, 4) is 11.3 Å². The van der Waals surface area contributed by atoms with Crippen LogP contribution in [0.25, 0.3) is 27.1 Å². The molecule has 1 amide bonds. The number of benzene rings is 2. The zero-order valence-electron chi connectivity index (χ0n) is 15.1. The maximum Gasteiger partial charge on any atom is 0.256 e. The second-order valence-electron chi connectivity index (χ2n) is 6.60. The minimum absolute atomic E-state index is 0.171. The van der Waals surface area contributed by atoms with E-state index in [1.54, 1.807) is 11.6 Å². The molecule has 6 heteroatoms. The molecule has 0 spiro atoms. The number of hydrogen-bond donors (Lipinski definition) is 1. The Labute approximate surface area is 165 Å². The molecule has 0 aliphatic rings. The zero-order chi connectivity index (χ0) is 19.1. The number of hydrogen-bond acceptors (Lipinski definition) is 4. The van der Waals surface area contributed by atoms with Gasteiger partial charge in [-0.05, 0) is 42.8 Å². The average molecular weight is 384 g/mol. The van der Waals surface area contributed by atoms with Gasteiger partial charge in [0.25, 0.3) is 5.91 Å². The predicted molar refractivity (Wildman–Crippen MR) is 113 cm³/mol. The lowest BCUT2D eigenvalue weighted by Gasteiger charge is -2.08. The molecule has 1 N–H and O–H groups in total. The average Bonchev–Trinajstić information content (AvgIpc) is 3.32. The van der Waals surface area contributed by atoms with Crippen molar-refractivity contribution in [3.05, 3.63) is 83.5 Å². The summed E-state index contributed by atoms with van der Waals surface area (Å²) in [5, 5.41) is 3.07. The van der Waals surface area contributed by atoms with Gasteiger partial charge in [-0.3, -0.25) is 9.20 Å².